The normalized spacial score (nSPS) is 29.7. The van der Waals surface area contributed by atoms with Crippen LogP contribution >= 0.6 is 0 Å². The monoisotopic (exact) mass is 348 g/mol. The molecule has 2 rings (SSSR count). The molecule has 0 aliphatic heterocycles. The zero-order valence-corrected chi connectivity index (χ0v) is 14.1. The molecule has 0 spiro atoms. The number of hydrogen-bond donors (Lipinski definition) is 1. The first kappa shape index (κ1) is 18.2. The Labute approximate surface area is 136 Å². The Hall–Kier alpha value is -1.15. The summed E-state index contributed by atoms with van der Waals surface area (Å²) in [6, 6.07) is 0. The molecule has 2 aliphatic rings. The highest BCUT2D eigenvalue weighted by Crippen LogP contribution is 2.36. The van der Waals surface area contributed by atoms with Crippen LogP contribution in [0, 0.1) is 11.8 Å². The van der Waals surface area contributed by atoms with Gasteiger partial charge in [-0.05, 0) is 44.9 Å². The minimum absolute atomic E-state index is 0.107. The third kappa shape index (κ3) is 4.67. The van der Waals surface area contributed by atoms with Crippen LogP contribution in [-0.4, -0.2) is 43.4 Å². The molecule has 0 heterocycles. The van der Waals surface area contributed by atoms with Crippen LogP contribution < -0.4 is 0 Å². The summed E-state index contributed by atoms with van der Waals surface area (Å²) in [5, 5.41) is -1.03. The van der Waals surface area contributed by atoms with Gasteiger partial charge in [-0.25, -0.2) is 0 Å². The molecule has 0 aromatic rings. The lowest BCUT2D eigenvalue weighted by atomic mass is 9.79. The topological polar surface area (TPSA) is 107 Å². The Balaban J connectivity index is 2.10. The van der Waals surface area contributed by atoms with E-state index >= 15 is 0 Å². The minimum atomic E-state index is -4.24. The molecule has 3 atom stereocenters. The van der Waals surface area contributed by atoms with Crippen molar-refractivity contribution in [2.24, 2.45) is 11.8 Å². The lowest BCUT2D eigenvalue weighted by Gasteiger charge is -2.33. The van der Waals surface area contributed by atoms with Gasteiger partial charge < -0.3 is 9.47 Å². The van der Waals surface area contributed by atoms with Gasteiger partial charge >= 0.3 is 11.9 Å². The maximum Gasteiger partial charge on any atom is 0.310 e. The summed E-state index contributed by atoms with van der Waals surface area (Å²) in [7, 11) is -3.00. The highest BCUT2D eigenvalue weighted by molar-refractivity contribution is 7.86. The van der Waals surface area contributed by atoms with Crippen LogP contribution in [0.4, 0.5) is 0 Å². The minimum Gasteiger partial charge on any atom is -0.469 e. The first-order valence-electron chi connectivity index (χ1n) is 8.07. The molecule has 2 fully saturated rings. The Morgan fingerprint density at radius 3 is 2.17 bits per heavy atom. The fraction of sp³-hybridized carbons (Fsp3) is 0.867. The first-order chi connectivity index (χ1) is 10.8. The van der Waals surface area contributed by atoms with E-state index in [0.29, 0.717) is 0 Å². The van der Waals surface area contributed by atoms with Crippen LogP contribution in [-0.2, 0) is 29.2 Å². The highest BCUT2D eigenvalue weighted by Gasteiger charge is 2.44. The van der Waals surface area contributed by atoms with Crippen molar-refractivity contribution >= 4 is 22.1 Å². The van der Waals surface area contributed by atoms with E-state index in [9.17, 15) is 22.6 Å². The third-order valence-corrected chi connectivity index (χ3v) is 6.14. The Kier molecular flexibility index (Phi) is 6.02. The number of methoxy groups -OCH3 is 1. The Bertz CT molecular complexity index is 536. The molecular formula is C15H24O7S. The van der Waals surface area contributed by atoms with Crippen molar-refractivity contribution in [1.29, 1.82) is 0 Å². The largest absolute Gasteiger partial charge is 0.469 e. The zero-order valence-electron chi connectivity index (χ0n) is 13.3. The number of esters is 2. The summed E-state index contributed by atoms with van der Waals surface area (Å²) in [4.78, 5) is 24.4. The number of hydrogen-bond acceptors (Lipinski definition) is 6. The van der Waals surface area contributed by atoms with Gasteiger partial charge in [0, 0.05) is 0 Å². The molecular weight excluding hydrogens is 324 g/mol. The van der Waals surface area contributed by atoms with Crippen molar-refractivity contribution in [2.75, 3.05) is 7.11 Å². The van der Waals surface area contributed by atoms with Crippen molar-refractivity contribution in [3.8, 4) is 0 Å². The standard InChI is InChI=1S/C15H24O7S/c1-21-14(16)12-8-7-11(23(18,19)20)9-13(12)15(17)22-10-5-3-2-4-6-10/h10-13H,2-9H2,1H3,(H,18,19,20). The molecule has 1 N–H and O–H groups in total. The number of rotatable bonds is 4. The van der Waals surface area contributed by atoms with E-state index in [4.69, 9.17) is 9.47 Å². The van der Waals surface area contributed by atoms with Gasteiger partial charge in [-0.2, -0.15) is 8.42 Å². The van der Waals surface area contributed by atoms with E-state index in [-0.39, 0.29) is 25.4 Å². The molecule has 2 saturated carbocycles. The highest BCUT2D eigenvalue weighted by atomic mass is 32.2. The molecule has 7 nitrogen and oxygen atoms in total. The van der Waals surface area contributed by atoms with Crippen LogP contribution in [0.15, 0.2) is 0 Å². The van der Waals surface area contributed by atoms with Crippen molar-refractivity contribution in [3.05, 3.63) is 0 Å². The van der Waals surface area contributed by atoms with E-state index in [2.05, 4.69) is 0 Å². The summed E-state index contributed by atoms with van der Waals surface area (Å²) in [6.07, 6.45) is 4.74. The average molecular weight is 348 g/mol. The van der Waals surface area contributed by atoms with E-state index in [1.165, 1.54) is 7.11 Å². The van der Waals surface area contributed by atoms with Gasteiger partial charge in [0.1, 0.15) is 6.10 Å². The summed E-state index contributed by atoms with van der Waals surface area (Å²) >= 11 is 0. The van der Waals surface area contributed by atoms with Gasteiger partial charge in [0.15, 0.2) is 0 Å². The average Bonchev–Trinajstić information content (AvgIpc) is 2.53. The van der Waals surface area contributed by atoms with Gasteiger partial charge in [-0.15, -0.1) is 0 Å². The molecule has 0 saturated heterocycles. The van der Waals surface area contributed by atoms with Gasteiger partial charge in [-0.3, -0.25) is 14.1 Å². The second-order valence-corrected chi connectivity index (χ2v) is 8.08. The van der Waals surface area contributed by atoms with Gasteiger partial charge in [0.2, 0.25) is 0 Å². The SMILES string of the molecule is COC(=O)C1CCC(S(=O)(=O)O)CC1C(=O)OC1CCCCC1. The van der Waals surface area contributed by atoms with E-state index in [1.807, 2.05) is 0 Å². The summed E-state index contributed by atoms with van der Waals surface area (Å²) in [5.74, 6) is -2.69. The van der Waals surface area contributed by atoms with E-state index in [1.54, 1.807) is 0 Å². The Morgan fingerprint density at radius 1 is 0.957 bits per heavy atom. The van der Waals surface area contributed by atoms with Gasteiger partial charge in [0.05, 0.1) is 24.2 Å². The molecule has 3 unspecified atom stereocenters. The predicted octanol–water partition coefficient (Wildman–Crippen LogP) is 1.71. The second kappa shape index (κ2) is 7.61. The van der Waals surface area contributed by atoms with Gasteiger partial charge in [0.25, 0.3) is 10.1 Å². The maximum absolute atomic E-state index is 12.5. The smallest absolute Gasteiger partial charge is 0.310 e. The second-order valence-electron chi connectivity index (χ2n) is 6.38. The summed E-state index contributed by atoms with van der Waals surface area (Å²) in [6.45, 7) is 0. The molecule has 2 aliphatic carbocycles. The Morgan fingerprint density at radius 2 is 1.61 bits per heavy atom. The fourth-order valence-corrected chi connectivity index (χ4v) is 4.42. The summed E-state index contributed by atoms with van der Waals surface area (Å²) < 4.78 is 42.2. The molecule has 0 aromatic heterocycles. The number of ether oxygens (including phenoxy) is 2. The molecule has 0 radical (unpaired) electrons. The van der Waals surface area contributed by atoms with Crippen LogP contribution in [0.25, 0.3) is 0 Å². The van der Waals surface area contributed by atoms with Gasteiger partial charge in [-0.1, -0.05) is 6.42 Å². The van der Waals surface area contributed by atoms with Crippen LogP contribution in [0.3, 0.4) is 0 Å². The van der Waals surface area contributed by atoms with E-state index < -0.39 is 39.1 Å². The predicted molar refractivity (Wildman–Crippen MR) is 81.1 cm³/mol. The third-order valence-electron chi connectivity index (χ3n) is 4.87. The van der Waals surface area contributed by atoms with Crippen LogP contribution in [0.1, 0.15) is 51.4 Å². The number of carbonyl (C=O) groups excluding carboxylic acids is 2. The lowest BCUT2D eigenvalue weighted by Crippen LogP contribution is -2.42. The van der Waals surface area contributed by atoms with E-state index in [0.717, 1.165) is 32.1 Å². The molecule has 8 heteroatoms. The quantitative estimate of drug-likeness (QED) is 0.608. The fourth-order valence-electron chi connectivity index (χ4n) is 3.53. The molecule has 0 bridgehead atoms. The zero-order chi connectivity index (χ0) is 17.0. The lowest BCUT2D eigenvalue weighted by molar-refractivity contribution is -0.165. The van der Waals surface area contributed by atoms with Crippen LogP contribution in [0.5, 0.6) is 0 Å². The maximum atomic E-state index is 12.5. The van der Waals surface area contributed by atoms with Crippen LogP contribution in [0.2, 0.25) is 0 Å². The number of carbonyl (C=O) groups is 2. The molecule has 0 aromatic carbocycles. The molecule has 0 amide bonds. The first-order valence-corrected chi connectivity index (χ1v) is 9.58. The summed E-state index contributed by atoms with van der Waals surface area (Å²) in [5.41, 5.74) is 0. The van der Waals surface area contributed by atoms with Crippen molar-refractivity contribution in [3.63, 3.8) is 0 Å². The molecule has 132 valence electrons. The van der Waals surface area contributed by atoms with Crippen molar-refractivity contribution in [1.82, 2.24) is 0 Å². The van der Waals surface area contributed by atoms with Crippen molar-refractivity contribution in [2.45, 2.75) is 62.7 Å². The molecule has 23 heavy (non-hydrogen) atoms. The van der Waals surface area contributed by atoms with Crippen molar-refractivity contribution < 1.29 is 32.0 Å².